The summed E-state index contributed by atoms with van der Waals surface area (Å²) in [6.07, 6.45) is -3.19. The van der Waals surface area contributed by atoms with E-state index in [4.69, 9.17) is 0 Å². The molecule has 0 saturated carbocycles. The van der Waals surface area contributed by atoms with Gasteiger partial charge in [-0.25, -0.2) is 0 Å². The quantitative estimate of drug-likeness (QED) is 0.876. The third-order valence-electron chi connectivity index (χ3n) is 3.20. The lowest BCUT2D eigenvalue weighted by Gasteiger charge is -2.13. The molecule has 20 heavy (non-hydrogen) atoms. The summed E-state index contributed by atoms with van der Waals surface area (Å²) in [5.74, 6) is -0.0155. The Hall–Kier alpha value is -1.08. The summed E-state index contributed by atoms with van der Waals surface area (Å²) in [6.45, 7) is 1.66. The molecule has 1 amide bonds. The molecule has 0 aromatic heterocycles. The number of hydrogen-bond donors (Lipinski definition) is 2. The van der Waals surface area contributed by atoms with E-state index in [0.29, 0.717) is 10.9 Å². The minimum Gasteiger partial charge on any atom is -0.325 e. The standard InChI is InChI=1S/C13H14BrF3N2O/c14-10-2-1-9(13(15,16)17)6-11(10)19-12(20)5-8-3-4-18-7-8/h1-2,6,8,18H,3-5,7H2,(H,19,20). The number of carbonyl (C=O) groups excluding carboxylic acids is 1. The zero-order valence-electron chi connectivity index (χ0n) is 10.6. The van der Waals surface area contributed by atoms with Crippen LogP contribution in [0.4, 0.5) is 18.9 Å². The maximum Gasteiger partial charge on any atom is 0.416 e. The van der Waals surface area contributed by atoms with Crippen molar-refractivity contribution in [3.63, 3.8) is 0 Å². The summed E-state index contributed by atoms with van der Waals surface area (Å²) >= 11 is 3.14. The molecule has 1 atom stereocenters. The Bertz CT molecular complexity index is 499. The third kappa shape index (κ3) is 3.96. The maximum absolute atomic E-state index is 12.6. The monoisotopic (exact) mass is 350 g/mol. The Balaban J connectivity index is 2.06. The van der Waals surface area contributed by atoms with Crippen LogP contribution >= 0.6 is 15.9 Å². The molecule has 1 saturated heterocycles. The van der Waals surface area contributed by atoms with Crippen molar-refractivity contribution in [1.29, 1.82) is 0 Å². The van der Waals surface area contributed by atoms with Gasteiger partial charge in [0, 0.05) is 10.9 Å². The second-order valence-corrected chi connectivity index (χ2v) is 5.66. The fraction of sp³-hybridized carbons (Fsp3) is 0.462. The zero-order valence-corrected chi connectivity index (χ0v) is 12.1. The molecular weight excluding hydrogens is 337 g/mol. The van der Waals surface area contributed by atoms with Crippen LogP contribution in [0.25, 0.3) is 0 Å². The zero-order chi connectivity index (χ0) is 14.8. The highest BCUT2D eigenvalue weighted by molar-refractivity contribution is 9.10. The van der Waals surface area contributed by atoms with E-state index >= 15 is 0 Å². The molecule has 0 aliphatic carbocycles. The molecule has 0 bridgehead atoms. The second-order valence-electron chi connectivity index (χ2n) is 4.80. The normalized spacial score (nSPS) is 19.1. The first kappa shape index (κ1) is 15.3. The molecule has 1 unspecified atom stereocenters. The molecule has 2 N–H and O–H groups in total. The van der Waals surface area contributed by atoms with Crippen molar-refractivity contribution >= 4 is 27.5 Å². The van der Waals surface area contributed by atoms with Crippen molar-refractivity contribution in [2.45, 2.75) is 19.0 Å². The molecule has 1 aliphatic rings. The highest BCUT2D eigenvalue weighted by Gasteiger charge is 2.31. The van der Waals surface area contributed by atoms with Gasteiger partial charge < -0.3 is 10.6 Å². The van der Waals surface area contributed by atoms with Crippen LogP contribution in [0.5, 0.6) is 0 Å². The predicted octanol–water partition coefficient (Wildman–Crippen LogP) is 3.41. The number of hydrogen-bond acceptors (Lipinski definition) is 2. The fourth-order valence-corrected chi connectivity index (χ4v) is 2.50. The molecule has 0 spiro atoms. The summed E-state index contributed by atoms with van der Waals surface area (Å²) < 4.78 is 38.3. The van der Waals surface area contributed by atoms with E-state index in [2.05, 4.69) is 26.6 Å². The number of nitrogens with one attached hydrogen (secondary N) is 2. The van der Waals surface area contributed by atoms with Crippen LogP contribution in [0.3, 0.4) is 0 Å². The Labute approximate surface area is 123 Å². The number of halogens is 4. The number of carbonyl (C=O) groups is 1. The van der Waals surface area contributed by atoms with Crippen LogP contribution in [0.15, 0.2) is 22.7 Å². The summed E-state index contributed by atoms with van der Waals surface area (Å²) in [5, 5.41) is 5.68. The average Bonchev–Trinajstić information content (AvgIpc) is 2.83. The van der Waals surface area contributed by atoms with Gasteiger partial charge in [0.2, 0.25) is 5.91 Å². The van der Waals surface area contributed by atoms with Gasteiger partial charge in [0.05, 0.1) is 11.3 Å². The van der Waals surface area contributed by atoms with Gasteiger partial charge in [-0.3, -0.25) is 4.79 Å². The summed E-state index contributed by atoms with van der Waals surface area (Å²) in [5.41, 5.74) is -0.630. The van der Waals surface area contributed by atoms with Crippen molar-refractivity contribution in [2.75, 3.05) is 18.4 Å². The molecule has 1 heterocycles. The first-order valence-electron chi connectivity index (χ1n) is 6.23. The molecule has 1 aromatic carbocycles. The first-order valence-corrected chi connectivity index (χ1v) is 7.03. The van der Waals surface area contributed by atoms with Gasteiger partial charge in [-0.1, -0.05) is 0 Å². The SMILES string of the molecule is O=C(CC1CCNC1)Nc1cc(C(F)(F)F)ccc1Br. The first-order chi connectivity index (χ1) is 9.36. The molecular formula is C13H14BrF3N2O. The van der Waals surface area contributed by atoms with E-state index in [1.54, 1.807) is 0 Å². The molecule has 1 aromatic rings. The van der Waals surface area contributed by atoms with E-state index in [1.165, 1.54) is 6.07 Å². The summed E-state index contributed by atoms with van der Waals surface area (Å²) in [4.78, 5) is 11.8. The molecule has 110 valence electrons. The van der Waals surface area contributed by atoms with Crippen LogP contribution in [-0.2, 0) is 11.0 Å². The Morgan fingerprint density at radius 2 is 2.20 bits per heavy atom. The molecule has 1 aliphatic heterocycles. The van der Waals surface area contributed by atoms with Crippen LogP contribution in [0.2, 0.25) is 0 Å². The van der Waals surface area contributed by atoms with E-state index < -0.39 is 11.7 Å². The fourth-order valence-electron chi connectivity index (χ4n) is 2.15. The molecule has 7 heteroatoms. The van der Waals surface area contributed by atoms with Crippen molar-refractivity contribution in [2.24, 2.45) is 5.92 Å². The van der Waals surface area contributed by atoms with Crippen molar-refractivity contribution < 1.29 is 18.0 Å². The second kappa shape index (κ2) is 6.13. The number of amides is 1. The highest BCUT2D eigenvalue weighted by atomic mass is 79.9. The van der Waals surface area contributed by atoms with Gasteiger partial charge in [0.25, 0.3) is 0 Å². The number of alkyl halides is 3. The third-order valence-corrected chi connectivity index (χ3v) is 3.90. The van der Waals surface area contributed by atoms with Gasteiger partial charge in [-0.05, 0) is 59.6 Å². The Morgan fingerprint density at radius 1 is 1.45 bits per heavy atom. The smallest absolute Gasteiger partial charge is 0.325 e. The summed E-state index contributed by atoms with van der Waals surface area (Å²) in [7, 11) is 0. The van der Waals surface area contributed by atoms with E-state index in [0.717, 1.165) is 31.6 Å². The van der Waals surface area contributed by atoms with Crippen LogP contribution < -0.4 is 10.6 Å². The van der Waals surface area contributed by atoms with Crippen molar-refractivity contribution in [3.8, 4) is 0 Å². The minimum atomic E-state index is -4.42. The molecule has 3 nitrogen and oxygen atoms in total. The minimum absolute atomic E-state index is 0.149. The van der Waals surface area contributed by atoms with Gasteiger partial charge in [0.15, 0.2) is 0 Å². The van der Waals surface area contributed by atoms with Crippen LogP contribution in [-0.4, -0.2) is 19.0 Å². The Morgan fingerprint density at radius 3 is 2.80 bits per heavy atom. The lowest BCUT2D eigenvalue weighted by Crippen LogP contribution is -2.19. The predicted molar refractivity (Wildman–Crippen MR) is 73.4 cm³/mol. The molecule has 0 radical (unpaired) electrons. The Kier molecular flexibility index (Phi) is 4.70. The average molecular weight is 351 g/mol. The van der Waals surface area contributed by atoms with Gasteiger partial charge in [0.1, 0.15) is 0 Å². The highest BCUT2D eigenvalue weighted by Crippen LogP contribution is 2.34. The van der Waals surface area contributed by atoms with Crippen LogP contribution in [0, 0.1) is 5.92 Å². The number of benzene rings is 1. The maximum atomic E-state index is 12.6. The number of rotatable bonds is 3. The summed E-state index contributed by atoms with van der Waals surface area (Å²) in [6, 6.07) is 3.20. The lowest BCUT2D eigenvalue weighted by molar-refractivity contribution is -0.137. The van der Waals surface area contributed by atoms with Crippen molar-refractivity contribution in [1.82, 2.24) is 5.32 Å². The lowest BCUT2D eigenvalue weighted by atomic mass is 10.0. The van der Waals surface area contributed by atoms with Gasteiger partial charge >= 0.3 is 6.18 Å². The topological polar surface area (TPSA) is 41.1 Å². The number of anilines is 1. The van der Waals surface area contributed by atoms with Crippen molar-refractivity contribution in [3.05, 3.63) is 28.2 Å². The van der Waals surface area contributed by atoms with E-state index in [9.17, 15) is 18.0 Å². The van der Waals surface area contributed by atoms with E-state index in [-0.39, 0.29) is 17.5 Å². The largest absolute Gasteiger partial charge is 0.416 e. The van der Waals surface area contributed by atoms with E-state index in [1.807, 2.05) is 0 Å². The van der Waals surface area contributed by atoms with Gasteiger partial charge in [-0.2, -0.15) is 13.2 Å². The van der Waals surface area contributed by atoms with Gasteiger partial charge in [-0.15, -0.1) is 0 Å². The molecule has 2 rings (SSSR count). The van der Waals surface area contributed by atoms with Crippen LogP contribution in [0.1, 0.15) is 18.4 Å². The molecule has 1 fully saturated rings.